The highest BCUT2D eigenvalue weighted by Crippen LogP contribution is 2.33. The second-order valence-corrected chi connectivity index (χ2v) is 6.11. The summed E-state index contributed by atoms with van der Waals surface area (Å²) in [5.41, 5.74) is 0.128. The summed E-state index contributed by atoms with van der Waals surface area (Å²) in [5.74, 6) is -3.51. The monoisotopic (exact) mass is 324 g/mol. The van der Waals surface area contributed by atoms with Crippen molar-refractivity contribution in [2.45, 2.75) is 25.2 Å². The van der Waals surface area contributed by atoms with E-state index in [9.17, 15) is 18.4 Å². The highest BCUT2D eigenvalue weighted by atomic mass is 19.1. The zero-order chi connectivity index (χ0) is 16.6. The predicted octanol–water partition coefficient (Wildman–Crippen LogP) is 1.30. The van der Waals surface area contributed by atoms with Crippen molar-refractivity contribution in [1.29, 1.82) is 0 Å². The molecule has 1 aromatic rings. The maximum absolute atomic E-state index is 14.4. The van der Waals surface area contributed by atoms with Crippen LogP contribution in [-0.2, 0) is 9.59 Å². The van der Waals surface area contributed by atoms with Crippen molar-refractivity contribution < 1.29 is 23.5 Å². The van der Waals surface area contributed by atoms with Crippen LogP contribution in [0.3, 0.4) is 0 Å². The van der Waals surface area contributed by atoms with Gasteiger partial charge in [-0.2, -0.15) is 0 Å². The number of nitrogens with one attached hydrogen (secondary N) is 1. The van der Waals surface area contributed by atoms with Crippen LogP contribution < -0.4 is 10.2 Å². The van der Waals surface area contributed by atoms with Gasteiger partial charge in [0.1, 0.15) is 11.6 Å². The van der Waals surface area contributed by atoms with Gasteiger partial charge in [-0.1, -0.05) is 0 Å². The van der Waals surface area contributed by atoms with Gasteiger partial charge >= 0.3 is 0 Å². The van der Waals surface area contributed by atoms with Gasteiger partial charge in [0.15, 0.2) is 0 Å². The molecule has 0 bridgehead atoms. The molecule has 2 aliphatic heterocycles. The lowest BCUT2D eigenvalue weighted by atomic mass is 9.89. The Hall–Kier alpha value is -2.02. The number of imide groups is 1. The first-order valence-corrected chi connectivity index (χ1v) is 7.68. The maximum atomic E-state index is 14.4. The lowest BCUT2D eigenvalue weighted by Crippen LogP contribution is -2.40. The number of piperidine rings is 1. The SMILES string of the molecule is O=C1CCC(c2c(F)cc(N3CCC(CO)C3)cc2F)C(=O)N1. The lowest BCUT2D eigenvalue weighted by molar-refractivity contribution is -0.134. The summed E-state index contributed by atoms with van der Waals surface area (Å²) < 4.78 is 28.8. The highest BCUT2D eigenvalue weighted by Gasteiger charge is 2.33. The number of anilines is 1. The summed E-state index contributed by atoms with van der Waals surface area (Å²) in [6.07, 6.45) is 0.949. The van der Waals surface area contributed by atoms with Crippen molar-refractivity contribution in [1.82, 2.24) is 5.32 Å². The number of aliphatic hydroxyl groups excluding tert-OH is 1. The first kappa shape index (κ1) is 15.9. The molecule has 2 fully saturated rings. The summed E-state index contributed by atoms with van der Waals surface area (Å²) in [7, 11) is 0. The van der Waals surface area contributed by atoms with Crippen LogP contribution in [-0.4, -0.2) is 36.6 Å². The lowest BCUT2D eigenvalue weighted by Gasteiger charge is -2.24. The zero-order valence-corrected chi connectivity index (χ0v) is 12.5. The van der Waals surface area contributed by atoms with Crippen LogP contribution in [0.25, 0.3) is 0 Å². The fourth-order valence-corrected chi connectivity index (χ4v) is 3.27. The number of hydrogen-bond donors (Lipinski definition) is 2. The van der Waals surface area contributed by atoms with Crippen molar-refractivity contribution in [3.05, 3.63) is 29.3 Å². The van der Waals surface area contributed by atoms with Crippen LogP contribution >= 0.6 is 0 Å². The van der Waals surface area contributed by atoms with E-state index in [0.717, 1.165) is 6.42 Å². The van der Waals surface area contributed by atoms with Gasteiger partial charge in [0.05, 0.1) is 5.92 Å². The van der Waals surface area contributed by atoms with Crippen molar-refractivity contribution in [3.8, 4) is 0 Å². The molecule has 0 saturated carbocycles. The maximum Gasteiger partial charge on any atom is 0.234 e. The van der Waals surface area contributed by atoms with Crippen molar-refractivity contribution >= 4 is 17.5 Å². The molecule has 124 valence electrons. The number of nitrogens with zero attached hydrogens (tertiary/aromatic N) is 1. The standard InChI is InChI=1S/C16H18F2N2O3/c17-12-5-10(20-4-3-9(7-20)8-21)6-13(18)15(12)11-1-2-14(22)19-16(11)23/h5-6,9,11,21H,1-4,7-8H2,(H,19,22,23). The van der Waals surface area contributed by atoms with E-state index in [2.05, 4.69) is 5.32 Å². The molecule has 23 heavy (non-hydrogen) atoms. The van der Waals surface area contributed by atoms with Crippen LogP contribution in [0.5, 0.6) is 0 Å². The van der Waals surface area contributed by atoms with Crippen LogP contribution in [0.4, 0.5) is 14.5 Å². The van der Waals surface area contributed by atoms with Gasteiger partial charge in [0.25, 0.3) is 0 Å². The Morgan fingerprint density at radius 3 is 2.48 bits per heavy atom. The average Bonchev–Trinajstić information content (AvgIpc) is 2.97. The normalized spacial score (nSPS) is 24.9. The van der Waals surface area contributed by atoms with E-state index in [0.29, 0.717) is 18.8 Å². The third-order valence-corrected chi connectivity index (χ3v) is 4.56. The Morgan fingerprint density at radius 2 is 1.91 bits per heavy atom. The molecule has 1 aromatic carbocycles. The molecule has 7 heteroatoms. The molecule has 3 rings (SSSR count). The van der Waals surface area contributed by atoms with Gasteiger partial charge in [-0.25, -0.2) is 8.78 Å². The van der Waals surface area contributed by atoms with Crippen LogP contribution in [0.2, 0.25) is 0 Å². The minimum Gasteiger partial charge on any atom is -0.396 e. The Morgan fingerprint density at radius 1 is 1.22 bits per heavy atom. The molecule has 2 saturated heterocycles. The molecular formula is C16H18F2N2O3. The Balaban J connectivity index is 1.86. The average molecular weight is 324 g/mol. The number of carbonyl (C=O) groups is 2. The fourth-order valence-electron chi connectivity index (χ4n) is 3.27. The van der Waals surface area contributed by atoms with Crippen LogP contribution in [0, 0.1) is 17.6 Å². The minimum atomic E-state index is -0.981. The molecule has 0 aliphatic carbocycles. The smallest absolute Gasteiger partial charge is 0.234 e. The van der Waals surface area contributed by atoms with E-state index in [4.69, 9.17) is 5.11 Å². The van der Waals surface area contributed by atoms with Crippen LogP contribution in [0.15, 0.2) is 12.1 Å². The third kappa shape index (κ3) is 3.06. The Kier molecular flexibility index (Phi) is 4.30. The largest absolute Gasteiger partial charge is 0.396 e. The number of carbonyl (C=O) groups excluding carboxylic acids is 2. The summed E-state index contributed by atoms with van der Waals surface area (Å²) in [4.78, 5) is 24.8. The van der Waals surface area contributed by atoms with Gasteiger partial charge in [0, 0.05) is 43.3 Å². The highest BCUT2D eigenvalue weighted by molar-refractivity contribution is 6.01. The molecule has 2 amide bonds. The van der Waals surface area contributed by atoms with Gasteiger partial charge in [-0.3, -0.25) is 14.9 Å². The first-order chi connectivity index (χ1) is 11.0. The summed E-state index contributed by atoms with van der Waals surface area (Å²) in [6, 6.07) is 2.45. The summed E-state index contributed by atoms with van der Waals surface area (Å²) >= 11 is 0. The van der Waals surface area contributed by atoms with E-state index < -0.39 is 29.4 Å². The van der Waals surface area contributed by atoms with Gasteiger partial charge in [-0.05, 0) is 25.0 Å². The fraction of sp³-hybridized carbons (Fsp3) is 0.500. The van der Waals surface area contributed by atoms with Crippen LogP contribution in [0.1, 0.15) is 30.7 Å². The number of rotatable bonds is 3. The predicted molar refractivity (Wildman–Crippen MR) is 78.9 cm³/mol. The molecule has 0 spiro atoms. The molecule has 2 N–H and O–H groups in total. The zero-order valence-electron chi connectivity index (χ0n) is 12.5. The third-order valence-electron chi connectivity index (χ3n) is 4.56. The molecule has 0 aromatic heterocycles. The van der Waals surface area contributed by atoms with E-state index in [1.54, 1.807) is 0 Å². The van der Waals surface area contributed by atoms with E-state index in [1.807, 2.05) is 4.90 Å². The Labute approximate surface area is 132 Å². The quantitative estimate of drug-likeness (QED) is 0.823. The van der Waals surface area contributed by atoms with E-state index in [-0.39, 0.29) is 30.9 Å². The molecule has 2 atom stereocenters. The number of amides is 2. The Bertz CT molecular complexity index is 627. The van der Waals surface area contributed by atoms with Crippen molar-refractivity contribution in [2.75, 3.05) is 24.6 Å². The van der Waals surface area contributed by atoms with Crippen molar-refractivity contribution in [2.24, 2.45) is 5.92 Å². The summed E-state index contributed by atoms with van der Waals surface area (Å²) in [6.45, 7) is 1.23. The van der Waals surface area contributed by atoms with E-state index in [1.165, 1.54) is 12.1 Å². The second kappa shape index (κ2) is 6.23. The molecule has 2 aliphatic rings. The topological polar surface area (TPSA) is 69.6 Å². The molecule has 5 nitrogen and oxygen atoms in total. The second-order valence-electron chi connectivity index (χ2n) is 6.11. The number of halogens is 2. The molecular weight excluding hydrogens is 306 g/mol. The first-order valence-electron chi connectivity index (χ1n) is 7.68. The number of hydrogen-bond acceptors (Lipinski definition) is 4. The molecule has 2 unspecified atom stereocenters. The van der Waals surface area contributed by atoms with Gasteiger partial charge < -0.3 is 10.0 Å². The minimum absolute atomic E-state index is 0.0514. The van der Waals surface area contributed by atoms with E-state index >= 15 is 0 Å². The number of aliphatic hydroxyl groups is 1. The van der Waals surface area contributed by atoms with Gasteiger partial charge in [-0.15, -0.1) is 0 Å². The van der Waals surface area contributed by atoms with Gasteiger partial charge in [0.2, 0.25) is 11.8 Å². The van der Waals surface area contributed by atoms with Crippen molar-refractivity contribution in [3.63, 3.8) is 0 Å². The number of benzene rings is 1. The summed E-state index contributed by atoms with van der Waals surface area (Å²) in [5, 5.41) is 11.3. The molecule has 2 heterocycles. The molecule has 0 radical (unpaired) electrons.